The van der Waals surface area contributed by atoms with Crippen molar-refractivity contribution in [1.29, 1.82) is 0 Å². The third-order valence-electron chi connectivity index (χ3n) is 7.33. The van der Waals surface area contributed by atoms with Crippen LogP contribution in [0.5, 0.6) is 0 Å². The van der Waals surface area contributed by atoms with E-state index in [1.165, 1.54) is 27.7 Å². The monoisotopic (exact) mass is 412 g/mol. The van der Waals surface area contributed by atoms with Crippen LogP contribution >= 0.6 is 0 Å². The second-order valence-electron chi connectivity index (χ2n) is 9.09. The molecule has 0 radical (unpaired) electrons. The van der Waals surface area contributed by atoms with Crippen LogP contribution in [0.2, 0.25) is 0 Å². The zero-order valence-corrected chi connectivity index (χ0v) is 17.8. The third-order valence-corrected chi connectivity index (χ3v) is 7.33. The Morgan fingerprint density at radius 3 is 2.44 bits per heavy atom. The summed E-state index contributed by atoms with van der Waals surface area (Å²) in [6, 6.07) is 32.8. The maximum absolute atomic E-state index is 3.66. The van der Waals surface area contributed by atoms with Gasteiger partial charge in [0.2, 0.25) is 0 Å². The number of fused-ring (bicyclic) bond motifs is 4. The van der Waals surface area contributed by atoms with E-state index in [-0.39, 0.29) is 5.54 Å². The molecule has 3 atom stereocenters. The normalized spacial score (nSPS) is 24.6. The van der Waals surface area contributed by atoms with Gasteiger partial charge in [0, 0.05) is 34.6 Å². The first-order chi connectivity index (χ1) is 15.8. The zero-order chi connectivity index (χ0) is 21.1. The lowest BCUT2D eigenvalue weighted by molar-refractivity contribution is 0.769. The molecule has 0 amide bonds. The van der Waals surface area contributed by atoms with E-state index in [1.54, 1.807) is 0 Å². The van der Waals surface area contributed by atoms with Crippen molar-refractivity contribution in [2.75, 3.05) is 10.2 Å². The van der Waals surface area contributed by atoms with Gasteiger partial charge in [0.05, 0.1) is 5.54 Å². The van der Waals surface area contributed by atoms with Gasteiger partial charge in [0.15, 0.2) is 0 Å². The summed E-state index contributed by atoms with van der Waals surface area (Å²) < 4.78 is 0. The standard InChI is InChI=1S/C30H24N2/c1-3-11-25(12-4-1)32-28-17-16-24(31-23-15-14-21-9-6-7-10-22(21)19-23)20-26(28)29-27-13-5-2-8-18-30(27,29)32/h1,3-20,27,29,31H,2H2. The molecule has 1 spiro atoms. The number of allylic oxidation sites excluding steroid dienone is 2. The van der Waals surface area contributed by atoms with Crippen molar-refractivity contribution in [2.24, 2.45) is 5.92 Å². The van der Waals surface area contributed by atoms with Gasteiger partial charge in [-0.2, -0.15) is 0 Å². The van der Waals surface area contributed by atoms with E-state index < -0.39 is 0 Å². The van der Waals surface area contributed by atoms with Gasteiger partial charge >= 0.3 is 0 Å². The lowest BCUT2D eigenvalue weighted by Gasteiger charge is -2.31. The molecule has 2 nitrogen and oxygen atoms in total. The molecule has 1 saturated carbocycles. The highest BCUT2D eigenvalue weighted by molar-refractivity contribution is 5.88. The smallest absolute Gasteiger partial charge is 0.0778 e. The first-order valence-corrected chi connectivity index (χ1v) is 11.4. The van der Waals surface area contributed by atoms with E-state index >= 15 is 0 Å². The molecule has 7 rings (SSSR count). The molecule has 4 aromatic carbocycles. The summed E-state index contributed by atoms with van der Waals surface area (Å²) in [6.45, 7) is 0. The van der Waals surface area contributed by atoms with Gasteiger partial charge in [0.1, 0.15) is 0 Å². The molecular weight excluding hydrogens is 388 g/mol. The van der Waals surface area contributed by atoms with Crippen LogP contribution in [0.15, 0.2) is 115 Å². The first-order valence-electron chi connectivity index (χ1n) is 11.4. The fourth-order valence-corrected chi connectivity index (χ4v) is 5.93. The molecular formula is C30H24N2. The fraction of sp³-hybridized carbons (Fsp3) is 0.133. The maximum atomic E-state index is 3.66. The topological polar surface area (TPSA) is 15.3 Å². The first kappa shape index (κ1) is 17.9. The van der Waals surface area contributed by atoms with Crippen LogP contribution in [-0.4, -0.2) is 5.54 Å². The number of benzene rings is 4. The summed E-state index contributed by atoms with van der Waals surface area (Å²) in [5.74, 6) is 1.04. The average molecular weight is 413 g/mol. The predicted molar refractivity (Wildman–Crippen MR) is 134 cm³/mol. The Hall–Kier alpha value is -3.78. The molecule has 1 N–H and O–H groups in total. The van der Waals surface area contributed by atoms with Crippen LogP contribution in [0.25, 0.3) is 10.8 Å². The fourth-order valence-electron chi connectivity index (χ4n) is 5.93. The lowest BCUT2D eigenvalue weighted by atomic mass is 10.0. The molecule has 32 heavy (non-hydrogen) atoms. The van der Waals surface area contributed by atoms with E-state index in [9.17, 15) is 0 Å². The van der Waals surface area contributed by atoms with Gasteiger partial charge < -0.3 is 10.2 Å². The van der Waals surface area contributed by atoms with Crippen molar-refractivity contribution in [2.45, 2.75) is 17.9 Å². The molecule has 1 aliphatic heterocycles. The lowest BCUT2D eigenvalue weighted by Crippen LogP contribution is -2.31. The number of anilines is 4. The van der Waals surface area contributed by atoms with Crippen molar-refractivity contribution < 1.29 is 0 Å². The minimum atomic E-state index is 0.0399. The summed E-state index contributed by atoms with van der Waals surface area (Å²) in [6.07, 6.45) is 10.6. The van der Waals surface area contributed by atoms with Crippen LogP contribution in [0.4, 0.5) is 22.7 Å². The van der Waals surface area contributed by atoms with Gasteiger partial charge in [0.25, 0.3) is 0 Å². The second kappa shape index (κ2) is 6.61. The van der Waals surface area contributed by atoms with Crippen LogP contribution in [-0.2, 0) is 0 Å². The van der Waals surface area contributed by atoms with Gasteiger partial charge in [-0.1, -0.05) is 72.8 Å². The van der Waals surface area contributed by atoms with Crippen molar-refractivity contribution in [3.05, 3.63) is 121 Å². The molecule has 3 aliphatic rings. The van der Waals surface area contributed by atoms with Crippen LogP contribution < -0.4 is 10.2 Å². The van der Waals surface area contributed by atoms with Crippen molar-refractivity contribution in [1.82, 2.24) is 0 Å². The predicted octanol–water partition coefficient (Wildman–Crippen LogP) is 7.70. The van der Waals surface area contributed by atoms with Gasteiger partial charge in [-0.3, -0.25) is 0 Å². The van der Waals surface area contributed by atoms with E-state index in [1.807, 2.05) is 0 Å². The summed E-state index contributed by atoms with van der Waals surface area (Å²) >= 11 is 0. The number of hydrogen-bond donors (Lipinski definition) is 1. The van der Waals surface area contributed by atoms with Crippen LogP contribution in [0.1, 0.15) is 17.9 Å². The number of rotatable bonds is 3. The summed E-state index contributed by atoms with van der Waals surface area (Å²) in [5, 5.41) is 6.18. The molecule has 154 valence electrons. The largest absolute Gasteiger partial charge is 0.355 e. The molecule has 1 heterocycles. The minimum Gasteiger partial charge on any atom is -0.355 e. The maximum Gasteiger partial charge on any atom is 0.0778 e. The molecule has 3 unspecified atom stereocenters. The number of nitrogens with one attached hydrogen (secondary N) is 1. The van der Waals surface area contributed by atoms with E-state index in [0.29, 0.717) is 11.8 Å². The molecule has 0 saturated heterocycles. The highest BCUT2D eigenvalue weighted by atomic mass is 15.3. The minimum absolute atomic E-state index is 0.0399. The Morgan fingerprint density at radius 2 is 1.53 bits per heavy atom. The quantitative estimate of drug-likeness (QED) is 0.347. The SMILES string of the molecule is C1=CC2C3c4cc(Nc5ccc6ccccc6c5)ccc4N(c4ccccc4)C23C=CC1. The average Bonchev–Trinajstić information content (AvgIpc) is 3.43. The molecule has 2 heteroatoms. The highest BCUT2D eigenvalue weighted by Gasteiger charge is 2.71. The zero-order valence-electron chi connectivity index (χ0n) is 17.8. The van der Waals surface area contributed by atoms with E-state index in [2.05, 4.69) is 126 Å². The van der Waals surface area contributed by atoms with E-state index in [4.69, 9.17) is 0 Å². The summed E-state index contributed by atoms with van der Waals surface area (Å²) in [7, 11) is 0. The van der Waals surface area contributed by atoms with Crippen LogP contribution in [0.3, 0.4) is 0 Å². The Morgan fingerprint density at radius 1 is 0.750 bits per heavy atom. The summed E-state index contributed by atoms with van der Waals surface area (Å²) in [4.78, 5) is 2.57. The summed E-state index contributed by atoms with van der Waals surface area (Å²) in [5.41, 5.74) is 6.37. The number of nitrogens with zero attached hydrogens (tertiary/aromatic N) is 1. The van der Waals surface area contributed by atoms with Crippen molar-refractivity contribution in [3.63, 3.8) is 0 Å². The molecule has 4 aromatic rings. The van der Waals surface area contributed by atoms with E-state index in [0.717, 1.165) is 17.8 Å². The molecule has 0 bridgehead atoms. The van der Waals surface area contributed by atoms with Gasteiger partial charge in [-0.25, -0.2) is 0 Å². The van der Waals surface area contributed by atoms with Crippen molar-refractivity contribution in [3.8, 4) is 0 Å². The number of para-hydroxylation sites is 1. The second-order valence-corrected chi connectivity index (χ2v) is 9.09. The van der Waals surface area contributed by atoms with Gasteiger partial charge in [-0.15, -0.1) is 0 Å². The Kier molecular flexibility index (Phi) is 3.69. The van der Waals surface area contributed by atoms with Gasteiger partial charge in [-0.05, 0) is 65.2 Å². The molecule has 2 aliphatic carbocycles. The van der Waals surface area contributed by atoms with Crippen LogP contribution in [0, 0.1) is 5.92 Å². The molecule has 0 aromatic heterocycles. The number of hydrogen-bond acceptors (Lipinski definition) is 2. The third kappa shape index (κ3) is 2.47. The van der Waals surface area contributed by atoms with Crippen molar-refractivity contribution >= 4 is 33.5 Å². The highest BCUT2D eigenvalue weighted by Crippen LogP contribution is 2.72. The Labute approximate surface area is 188 Å². The Balaban J connectivity index is 1.30. The Bertz CT molecular complexity index is 1400. The molecule has 1 fully saturated rings.